The topological polar surface area (TPSA) is 0 Å². The van der Waals surface area contributed by atoms with Crippen LogP contribution in [0.5, 0.6) is 0 Å². The lowest BCUT2D eigenvalue weighted by Gasteiger charge is -1.74. The lowest BCUT2D eigenvalue weighted by molar-refractivity contribution is -0.00000185. The van der Waals surface area contributed by atoms with Crippen molar-refractivity contribution in [3.63, 3.8) is 0 Å². The van der Waals surface area contributed by atoms with Crippen LogP contribution in [-0.4, -0.2) is 0 Å². The second kappa shape index (κ2) is 3.13. The molecule has 0 amide bonds. The summed E-state index contributed by atoms with van der Waals surface area (Å²) in [7, 11) is 0. The molecule has 44 valence electrons. The number of allylic oxidation sites excluding steroid dienone is 5. The lowest BCUT2D eigenvalue weighted by Crippen LogP contribution is -3.00. The molecule has 1 rings (SSSR count). The first-order chi connectivity index (χ1) is 3.43. The molecule has 1 aliphatic rings. The predicted octanol–water partition coefficient (Wildman–Crippen LogP) is -1.03. The molecule has 8 heavy (non-hydrogen) atoms. The van der Waals surface area contributed by atoms with Crippen LogP contribution in [0, 0.1) is 0 Å². The van der Waals surface area contributed by atoms with Gasteiger partial charge in [-0.1, -0.05) is 24.3 Å². The standard InChI is InChI=1S/C6H5F.FH/c7-5-6-3-1-2-4-6;/h1-5H;1H/p-1. The minimum atomic E-state index is 0. The summed E-state index contributed by atoms with van der Waals surface area (Å²) < 4.78 is 11.4. The van der Waals surface area contributed by atoms with Crippen LogP contribution in [0.25, 0.3) is 0 Å². The highest BCUT2D eigenvalue weighted by molar-refractivity contribution is 5.38. The predicted molar refractivity (Wildman–Crippen MR) is 27.5 cm³/mol. The first kappa shape index (κ1) is 7.08. The van der Waals surface area contributed by atoms with E-state index in [2.05, 4.69) is 0 Å². The van der Waals surface area contributed by atoms with Crippen molar-refractivity contribution >= 4 is 0 Å². The minimum absolute atomic E-state index is 0. The molecule has 0 aliphatic heterocycles. The van der Waals surface area contributed by atoms with Gasteiger partial charge in [0.2, 0.25) is 0 Å². The summed E-state index contributed by atoms with van der Waals surface area (Å²) in [5.41, 5.74) is 0.639. The Kier molecular flexibility index (Phi) is 2.77. The van der Waals surface area contributed by atoms with Crippen molar-refractivity contribution in [1.82, 2.24) is 0 Å². The average Bonchev–Trinajstić information content (AvgIpc) is 2.14. The molecule has 0 aromatic carbocycles. The normalized spacial score (nSPS) is 13.9. The van der Waals surface area contributed by atoms with Gasteiger partial charge < -0.3 is 4.70 Å². The molecule has 0 atom stereocenters. The molecular weight excluding hydrogens is 110 g/mol. The van der Waals surface area contributed by atoms with Crippen LogP contribution in [0.15, 0.2) is 36.2 Å². The van der Waals surface area contributed by atoms with E-state index in [0.717, 1.165) is 0 Å². The molecule has 0 radical (unpaired) electrons. The summed E-state index contributed by atoms with van der Waals surface area (Å²) in [6.45, 7) is 0. The van der Waals surface area contributed by atoms with Crippen LogP contribution in [-0.2, 0) is 0 Å². The van der Waals surface area contributed by atoms with Gasteiger partial charge in [0.1, 0.15) is 0 Å². The number of rotatable bonds is 0. The van der Waals surface area contributed by atoms with Crippen molar-refractivity contribution in [2.75, 3.05) is 0 Å². The molecule has 0 nitrogen and oxygen atoms in total. The smallest absolute Gasteiger partial charge is 0.0939 e. The molecule has 0 bridgehead atoms. The Morgan fingerprint density at radius 3 is 2.00 bits per heavy atom. The fourth-order valence-corrected chi connectivity index (χ4v) is 0.462. The highest BCUT2D eigenvalue weighted by Gasteiger charge is 1.86. The summed E-state index contributed by atoms with van der Waals surface area (Å²) in [5.74, 6) is 0. The Morgan fingerprint density at radius 2 is 1.75 bits per heavy atom. The fraction of sp³-hybridized carbons (Fsp3) is 0. The van der Waals surface area contributed by atoms with Gasteiger partial charge in [-0.2, -0.15) is 0 Å². The summed E-state index contributed by atoms with van der Waals surface area (Å²) in [6, 6.07) is 0. The van der Waals surface area contributed by atoms with E-state index in [1.165, 1.54) is 0 Å². The molecule has 0 unspecified atom stereocenters. The van der Waals surface area contributed by atoms with Crippen LogP contribution in [0.2, 0.25) is 0 Å². The van der Waals surface area contributed by atoms with Gasteiger partial charge in [0.15, 0.2) is 0 Å². The number of halogens is 2. The van der Waals surface area contributed by atoms with Gasteiger partial charge >= 0.3 is 0 Å². The van der Waals surface area contributed by atoms with E-state index in [1.54, 1.807) is 24.3 Å². The summed E-state index contributed by atoms with van der Waals surface area (Å²) in [4.78, 5) is 0. The summed E-state index contributed by atoms with van der Waals surface area (Å²) >= 11 is 0. The molecule has 2 heteroatoms. The number of hydrogen-bond acceptors (Lipinski definition) is 0. The van der Waals surface area contributed by atoms with Gasteiger partial charge in [-0.05, 0) is 0 Å². The molecule has 0 aromatic heterocycles. The first-order valence-electron chi connectivity index (χ1n) is 2.08. The summed E-state index contributed by atoms with van der Waals surface area (Å²) in [6.07, 6.45) is 7.59. The van der Waals surface area contributed by atoms with Crippen LogP contribution in [0.1, 0.15) is 0 Å². The maximum atomic E-state index is 11.4. The highest BCUT2D eigenvalue weighted by atomic mass is 19.1. The maximum Gasteiger partial charge on any atom is 0.0939 e. The monoisotopic (exact) mass is 115 g/mol. The maximum absolute atomic E-state index is 11.4. The van der Waals surface area contributed by atoms with Crippen molar-refractivity contribution in [3.05, 3.63) is 36.2 Å². The molecule has 0 saturated carbocycles. The number of hydrogen-bond donors (Lipinski definition) is 0. The quantitative estimate of drug-likeness (QED) is 0.378. The van der Waals surface area contributed by atoms with Crippen molar-refractivity contribution in [2.45, 2.75) is 0 Å². The van der Waals surface area contributed by atoms with Crippen molar-refractivity contribution in [3.8, 4) is 0 Å². The zero-order valence-corrected chi connectivity index (χ0v) is 4.14. The van der Waals surface area contributed by atoms with E-state index in [-0.39, 0.29) is 4.70 Å². The summed E-state index contributed by atoms with van der Waals surface area (Å²) in [5, 5.41) is 0. The van der Waals surface area contributed by atoms with Gasteiger partial charge in [-0.3, -0.25) is 0 Å². The minimum Gasteiger partial charge on any atom is -1.00 e. The van der Waals surface area contributed by atoms with Gasteiger partial charge in [0.25, 0.3) is 0 Å². The molecule has 0 saturated heterocycles. The van der Waals surface area contributed by atoms with Crippen molar-refractivity contribution in [1.29, 1.82) is 0 Å². The molecule has 0 N–H and O–H groups in total. The second-order valence-corrected chi connectivity index (χ2v) is 1.33. The van der Waals surface area contributed by atoms with E-state index in [9.17, 15) is 4.39 Å². The van der Waals surface area contributed by atoms with Crippen LogP contribution >= 0.6 is 0 Å². The molecular formula is C6H5F2-. The highest BCUT2D eigenvalue weighted by Crippen LogP contribution is 2.05. The Bertz CT molecular complexity index is 129. The Labute approximate surface area is 46.4 Å². The zero-order valence-electron chi connectivity index (χ0n) is 4.14. The molecule has 0 fully saturated rings. The van der Waals surface area contributed by atoms with Gasteiger partial charge in [0.05, 0.1) is 6.33 Å². The Hall–Kier alpha value is -0.920. The lowest BCUT2D eigenvalue weighted by atomic mass is 10.3. The van der Waals surface area contributed by atoms with E-state index >= 15 is 0 Å². The largest absolute Gasteiger partial charge is 1.00 e. The Balaban J connectivity index is 0.000000490. The van der Waals surface area contributed by atoms with E-state index in [1.807, 2.05) is 0 Å². The van der Waals surface area contributed by atoms with E-state index in [0.29, 0.717) is 11.9 Å². The van der Waals surface area contributed by atoms with Crippen LogP contribution < -0.4 is 4.70 Å². The fourth-order valence-electron chi connectivity index (χ4n) is 0.462. The van der Waals surface area contributed by atoms with E-state index < -0.39 is 0 Å². The third kappa shape index (κ3) is 1.30. The third-order valence-electron chi connectivity index (χ3n) is 0.814. The van der Waals surface area contributed by atoms with Gasteiger partial charge in [-0.25, -0.2) is 4.39 Å². The van der Waals surface area contributed by atoms with Crippen LogP contribution in [0.4, 0.5) is 4.39 Å². The van der Waals surface area contributed by atoms with Gasteiger partial charge in [-0.15, -0.1) is 0 Å². The molecule has 1 aliphatic carbocycles. The van der Waals surface area contributed by atoms with Crippen LogP contribution in [0.3, 0.4) is 0 Å². The van der Waals surface area contributed by atoms with Gasteiger partial charge in [0, 0.05) is 5.57 Å². The third-order valence-corrected chi connectivity index (χ3v) is 0.814. The van der Waals surface area contributed by atoms with E-state index in [4.69, 9.17) is 0 Å². The average molecular weight is 115 g/mol. The second-order valence-electron chi connectivity index (χ2n) is 1.33. The van der Waals surface area contributed by atoms with Crippen molar-refractivity contribution in [2.24, 2.45) is 0 Å². The first-order valence-corrected chi connectivity index (χ1v) is 2.08. The van der Waals surface area contributed by atoms with Crippen molar-refractivity contribution < 1.29 is 9.09 Å². The molecule has 0 aromatic rings. The zero-order chi connectivity index (χ0) is 5.11. The molecule has 0 heterocycles. The SMILES string of the molecule is FC=C1C=CC=C1.[F-]. The Morgan fingerprint density at radius 1 is 1.25 bits per heavy atom. The molecule has 0 spiro atoms.